The van der Waals surface area contributed by atoms with E-state index in [1.54, 1.807) is 25.3 Å². The summed E-state index contributed by atoms with van der Waals surface area (Å²) in [6.07, 6.45) is 5.30. The molecule has 42 heavy (non-hydrogen) atoms. The molecule has 0 amide bonds. The number of carbonyl (C=O) groups is 2. The van der Waals surface area contributed by atoms with Crippen molar-refractivity contribution in [2.24, 2.45) is 0 Å². The maximum atomic E-state index is 12.2. The quantitative estimate of drug-likeness (QED) is 0.186. The van der Waals surface area contributed by atoms with Gasteiger partial charge in [0, 0.05) is 38.9 Å². The summed E-state index contributed by atoms with van der Waals surface area (Å²) in [6.45, 7) is 5.85. The second-order valence-corrected chi connectivity index (χ2v) is 11.5. The Morgan fingerprint density at radius 3 is 2.31 bits per heavy atom. The number of benzene rings is 3. The van der Waals surface area contributed by atoms with Gasteiger partial charge in [0.05, 0.1) is 25.6 Å². The number of hydrogen-bond donors (Lipinski definition) is 0. The fourth-order valence-corrected chi connectivity index (χ4v) is 6.04. The molecule has 6 nitrogen and oxygen atoms in total. The van der Waals surface area contributed by atoms with E-state index in [-0.39, 0.29) is 23.2 Å². The largest absolute Gasteiger partial charge is 0.497 e. The topological polar surface area (TPSA) is 59.1 Å². The zero-order valence-corrected chi connectivity index (χ0v) is 25.9. The number of rotatable bonds is 9. The van der Waals surface area contributed by atoms with Gasteiger partial charge in [-0.05, 0) is 81.2 Å². The monoisotopic (exact) mass is 602 g/mol. The molecular formula is C34H35ClN2O4S. The van der Waals surface area contributed by atoms with Crippen molar-refractivity contribution in [3.8, 4) is 5.75 Å². The number of methoxy groups -OCH3 is 2. The van der Waals surface area contributed by atoms with Crippen LogP contribution in [0.3, 0.4) is 0 Å². The van der Waals surface area contributed by atoms with E-state index < -0.39 is 0 Å². The molecule has 3 aromatic carbocycles. The van der Waals surface area contributed by atoms with Crippen LogP contribution < -0.4 is 9.64 Å². The summed E-state index contributed by atoms with van der Waals surface area (Å²) in [5, 5.41) is 0.798. The number of ether oxygens (including phenoxy) is 2. The Morgan fingerprint density at radius 2 is 1.64 bits per heavy atom. The van der Waals surface area contributed by atoms with E-state index in [9.17, 15) is 9.59 Å². The molecule has 0 spiro atoms. The fraction of sp³-hybridized carbons (Fsp3) is 0.235. The molecule has 0 saturated carbocycles. The molecule has 5 rings (SSSR count). The first-order valence-corrected chi connectivity index (χ1v) is 14.8. The van der Waals surface area contributed by atoms with Crippen LogP contribution in [0.25, 0.3) is 0 Å². The van der Waals surface area contributed by atoms with Crippen LogP contribution in [0, 0.1) is 0 Å². The number of ketones is 2. The molecule has 3 aromatic rings. The first kappa shape index (κ1) is 31.2. The number of hydrogen-bond acceptors (Lipinski definition) is 7. The number of anilines is 2. The van der Waals surface area contributed by atoms with Gasteiger partial charge in [-0.3, -0.25) is 9.59 Å². The summed E-state index contributed by atoms with van der Waals surface area (Å²) in [5.74, 6) is -0.119. The summed E-state index contributed by atoms with van der Waals surface area (Å²) < 4.78 is 9.98. The normalized spacial score (nSPS) is 14.6. The Kier molecular flexibility index (Phi) is 10.7. The molecular weight excluding hydrogens is 568 g/mol. The number of para-hydroxylation sites is 1. The summed E-state index contributed by atoms with van der Waals surface area (Å²) >= 11 is 8.03. The van der Waals surface area contributed by atoms with E-state index in [1.165, 1.54) is 40.4 Å². The molecule has 0 radical (unpaired) electrons. The van der Waals surface area contributed by atoms with Crippen molar-refractivity contribution in [1.29, 1.82) is 0 Å². The minimum Gasteiger partial charge on any atom is -0.497 e. The van der Waals surface area contributed by atoms with Gasteiger partial charge in [-0.2, -0.15) is 0 Å². The molecule has 218 valence electrons. The van der Waals surface area contributed by atoms with Gasteiger partial charge in [0.15, 0.2) is 11.5 Å². The summed E-state index contributed by atoms with van der Waals surface area (Å²) in [4.78, 5) is 31.2. The number of fused-ring (bicyclic) bond motifs is 2. The van der Waals surface area contributed by atoms with Crippen LogP contribution >= 0.6 is 23.4 Å². The van der Waals surface area contributed by atoms with Crippen LogP contribution in [0.2, 0.25) is 5.02 Å². The van der Waals surface area contributed by atoms with E-state index in [0.717, 1.165) is 35.8 Å². The van der Waals surface area contributed by atoms with Gasteiger partial charge < -0.3 is 19.3 Å². The fourth-order valence-electron chi connectivity index (χ4n) is 4.80. The maximum absolute atomic E-state index is 12.2. The highest BCUT2D eigenvalue weighted by atomic mass is 35.5. The van der Waals surface area contributed by atoms with Crippen LogP contribution in [0.15, 0.2) is 113 Å². The predicted molar refractivity (Wildman–Crippen MR) is 171 cm³/mol. The maximum Gasteiger partial charge on any atom is 0.220 e. The zero-order chi connectivity index (χ0) is 30.2. The third-order valence-corrected chi connectivity index (χ3v) is 8.28. The van der Waals surface area contributed by atoms with Gasteiger partial charge in [-0.1, -0.05) is 53.7 Å². The minimum absolute atomic E-state index is 0.0568. The van der Waals surface area contributed by atoms with Gasteiger partial charge in [-0.25, -0.2) is 0 Å². The lowest BCUT2D eigenvalue weighted by atomic mass is 9.85. The van der Waals surface area contributed by atoms with E-state index in [0.29, 0.717) is 5.57 Å². The SMILES string of the molecule is C=CC(C1=CC(=O)C(OC)=CC1=O)c1ccc(OC)cc1.CN(C)CCCN1c2ccccc2Sc2ccc(Cl)cc21. The lowest BCUT2D eigenvalue weighted by Crippen LogP contribution is -2.25. The van der Waals surface area contributed by atoms with Gasteiger partial charge in [-0.15, -0.1) is 6.58 Å². The molecule has 2 aliphatic rings. The lowest BCUT2D eigenvalue weighted by Gasteiger charge is -2.33. The molecule has 0 aromatic heterocycles. The van der Waals surface area contributed by atoms with Crippen LogP contribution in [0.1, 0.15) is 17.9 Å². The van der Waals surface area contributed by atoms with E-state index in [2.05, 4.69) is 66.9 Å². The third-order valence-electron chi connectivity index (χ3n) is 6.92. The smallest absolute Gasteiger partial charge is 0.220 e. The van der Waals surface area contributed by atoms with Gasteiger partial charge in [0.1, 0.15) is 5.75 Å². The van der Waals surface area contributed by atoms with Crippen LogP contribution in [0.4, 0.5) is 11.4 Å². The Hall–Kier alpha value is -3.78. The molecule has 1 heterocycles. The first-order valence-electron chi connectivity index (χ1n) is 13.6. The number of nitrogens with zero attached hydrogens (tertiary/aromatic N) is 2. The number of halogens is 1. The van der Waals surface area contributed by atoms with Crippen molar-refractivity contribution < 1.29 is 19.1 Å². The number of carbonyl (C=O) groups excluding carboxylic acids is 2. The lowest BCUT2D eigenvalue weighted by molar-refractivity contribution is -0.117. The van der Waals surface area contributed by atoms with E-state index in [4.69, 9.17) is 21.1 Å². The summed E-state index contributed by atoms with van der Waals surface area (Å²) in [6, 6.07) is 22.1. The van der Waals surface area contributed by atoms with Gasteiger partial charge in [0.2, 0.25) is 5.78 Å². The first-order chi connectivity index (χ1) is 20.2. The van der Waals surface area contributed by atoms with Crippen LogP contribution in [-0.2, 0) is 14.3 Å². The van der Waals surface area contributed by atoms with E-state index >= 15 is 0 Å². The van der Waals surface area contributed by atoms with Crippen molar-refractivity contribution in [3.05, 3.63) is 113 Å². The molecule has 0 N–H and O–H groups in total. The van der Waals surface area contributed by atoms with E-state index in [1.807, 2.05) is 30.0 Å². The van der Waals surface area contributed by atoms with Crippen molar-refractivity contribution >= 4 is 46.3 Å². The highest BCUT2D eigenvalue weighted by molar-refractivity contribution is 7.99. The molecule has 0 fully saturated rings. The predicted octanol–water partition coefficient (Wildman–Crippen LogP) is 7.47. The summed E-state index contributed by atoms with van der Waals surface area (Å²) in [5.41, 5.74) is 3.77. The second-order valence-electron chi connectivity index (χ2n) is 10.0. The van der Waals surface area contributed by atoms with Gasteiger partial charge >= 0.3 is 0 Å². The van der Waals surface area contributed by atoms with Crippen LogP contribution in [-0.4, -0.2) is 57.9 Å². The molecule has 0 bridgehead atoms. The molecule has 1 aliphatic carbocycles. The van der Waals surface area contributed by atoms with Crippen LogP contribution in [0.5, 0.6) is 5.75 Å². The molecule has 1 unspecified atom stereocenters. The second kappa shape index (κ2) is 14.4. The van der Waals surface area contributed by atoms with Gasteiger partial charge in [0.25, 0.3) is 0 Å². The Labute approximate surface area is 257 Å². The standard InChI is InChI=1S/C17H19ClN2S.C17H16O4/c1-19(2)10-5-11-20-14-6-3-4-7-16(14)21-17-9-8-13(18)12-15(17)20;1-4-13(11-5-7-12(20-2)8-6-11)14-9-16(19)17(21-3)10-15(14)18/h3-4,6-9,12H,5,10-11H2,1-2H3;4-10,13H,1H2,2-3H3. The molecule has 8 heteroatoms. The summed E-state index contributed by atoms with van der Waals surface area (Å²) in [7, 11) is 7.18. The van der Waals surface area contributed by atoms with Crippen molar-refractivity contribution in [2.45, 2.75) is 22.1 Å². The molecule has 0 saturated heterocycles. The Bertz CT molecular complexity index is 1510. The Morgan fingerprint density at radius 1 is 0.929 bits per heavy atom. The van der Waals surface area contributed by atoms with Crippen molar-refractivity contribution in [1.82, 2.24) is 4.90 Å². The average Bonchev–Trinajstić information content (AvgIpc) is 2.99. The van der Waals surface area contributed by atoms with Crippen molar-refractivity contribution in [3.63, 3.8) is 0 Å². The zero-order valence-electron chi connectivity index (χ0n) is 24.3. The Balaban J connectivity index is 0.000000193. The average molecular weight is 603 g/mol. The third kappa shape index (κ3) is 7.34. The molecule has 1 atom stereocenters. The number of allylic oxidation sites excluding steroid dienone is 4. The highest BCUT2D eigenvalue weighted by Gasteiger charge is 2.26. The minimum atomic E-state index is -0.345. The highest BCUT2D eigenvalue weighted by Crippen LogP contribution is 2.48. The van der Waals surface area contributed by atoms with Crippen molar-refractivity contribution in [2.75, 3.05) is 46.3 Å². The molecule has 1 aliphatic heterocycles.